The van der Waals surface area contributed by atoms with Gasteiger partial charge in [0.15, 0.2) is 0 Å². The number of carbonyl (C=O) groups excluding carboxylic acids is 1. The number of ether oxygens (including phenoxy) is 1. The second-order valence-corrected chi connectivity index (χ2v) is 8.78. The van der Waals surface area contributed by atoms with Crippen LogP contribution in [-0.2, 0) is 26.8 Å². The minimum atomic E-state index is -0.363. The fraction of sp³-hybridized carbons (Fsp3) is 0.650. The Morgan fingerprint density at radius 1 is 1.04 bits per heavy atom. The SMILES string of the molecule is CC(C)(C)c1cc(CCCOCCC(=O)Cl)cc(C(C)(C)C)c1O. The molecule has 0 heterocycles. The molecule has 0 saturated heterocycles. The van der Waals surface area contributed by atoms with Gasteiger partial charge in [0.25, 0.3) is 0 Å². The standard InChI is InChI=1S/C20H31ClO3/c1-19(2,3)15-12-14(8-7-10-24-11-9-17(21)22)13-16(18(15)23)20(4,5)6/h12-13,23H,7-11H2,1-6H3. The summed E-state index contributed by atoms with van der Waals surface area (Å²) < 4.78 is 5.43. The van der Waals surface area contributed by atoms with Crippen molar-refractivity contribution >= 4 is 16.8 Å². The first-order valence-corrected chi connectivity index (χ1v) is 8.93. The van der Waals surface area contributed by atoms with Gasteiger partial charge in [-0.1, -0.05) is 53.7 Å². The minimum absolute atomic E-state index is 0.114. The summed E-state index contributed by atoms with van der Waals surface area (Å²) in [5, 5.41) is 10.3. The molecule has 24 heavy (non-hydrogen) atoms. The topological polar surface area (TPSA) is 46.5 Å². The summed E-state index contributed by atoms with van der Waals surface area (Å²) in [5.74, 6) is 0.413. The number of carbonyl (C=O) groups is 1. The maximum atomic E-state index is 10.7. The molecular formula is C20H31ClO3. The second-order valence-electron chi connectivity index (χ2n) is 8.36. The van der Waals surface area contributed by atoms with Crippen LogP contribution in [0.3, 0.4) is 0 Å². The molecule has 1 N–H and O–H groups in total. The van der Waals surface area contributed by atoms with Gasteiger partial charge in [0.05, 0.1) is 6.61 Å². The average Bonchev–Trinajstić information content (AvgIpc) is 2.41. The van der Waals surface area contributed by atoms with Crippen LogP contribution in [0, 0.1) is 0 Å². The molecule has 0 aliphatic rings. The van der Waals surface area contributed by atoms with E-state index in [0.29, 0.717) is 19.0 Å². The van der Waals surface area contributed by atoms with Crippen molar-refractivity contribution in [2.75, 3.05) is 13.2 Å². The van der Waals surface area contributed by atoms with E-state index in [2.05, 4.69) is 53.7 Å². The van der Waals surface area contributed by atoms with Crippen molar-refractivity contribution in [3.63, 3.8) is 0 Å². The van der Waals surface area contributed by atoms with E-state index in [1.807, 2.05) is 0 Å². The van der Waals surface area contributed by atoms with Crippen LogP contribution in [0.15, 0.2) is 12.1 Å². The van der Waals surface area contributed by atoms with Crippen LogP contribution in [0.5, 0.6) is 5.75 Å². The molecule has 0 aliphatic carbocycles. The lowest BCUT2D eigenvalue weighted by Crippen LogP contribution is -2.18. The smallest absolute Gasteiger partial charge is 0.223 e. The summed E-state index contributed by atoms with van der Waals surface area (Å²) in [6, 6.07) is 4.21. The van der Waals surface area contributed by atoms with E-state index in [0.717, 1.165) is 24.0 Å². The molecule has 1 aromatic rings. The molecule has 0 unspecified atom stereocenters. The number of hydrogen-bond acceptors (Lipinski definition) is 3. The molecule has 0 aromatic heterocycles. The lowest BCUT2D eigenvalue weighted by molar-refractivity contribution is -0.112. The fourth-order valence-electron chi connectivity index (χ4n) is 2.61. The Morgan fingerprint density at radius 3 is 1.96 bits per heavy atom. The maximum Gasteiger partial charge on any atom is 0.223 e. The number of aromatic hydroxyl groups is 1. The number of aryl methyl sites for hydroxylation is 1. The van der Waals surface area contributed by atoms with Gasteiger partial charge in [-0.15, -0.1) is 0 Å². The van der Waals surface area contributed by atoms with Crippen LogP contribution < -0.4 is 0 Å². The number of rotatable bonds is 7. The van der Waals surface area contributed by atoms with Gasteiger partial charge in [0.2, 0.25) is 5.24 Å². The van der Waals surface area contributed by atoms with Crippen LogP contribution in [0.4, 0.5) is 0 Å². The Balaban J connectivity index is 2.86. The van der Waals surface area contributed by atoms with Gasteiger partial charge < -0.3 is 9.84 Å². The lowest BCUT2D eigenvalue weighted by atomic mass is 9.78. The van der Waals surface area contributed by atoms with Crippen molar-refractivity contribution in [3.8, 4) is 5.75 Å². The Labute approximate surface area is 151 Å². The van der Waals surface area contributed by atoms with Crippen LogP contribution in [0.2, 0.25) is 0 Å². The van der Waals surface area contributed by atoms with Crippen LogP contribution in [-0.4, -0.2) is 23.6 Å². The maximum absolute atomic E-state index is 10.7. The molecule has 0 saturated carbocycles. The van der Waals surface area contributed by atoms with Crippen molar-refractivity contribution < 1.29 is 14.6 Å². The van der Waals surface area contributed by atoms with Gasteiger partial charge in [-0.25, -0.2) is 0 Å². The van der Waals surface area contributed by atoms with Crippen molar-refractivity contribution in [2.24, 2.45) is 0 Å². The van der Waals surface area contributed by atoms with Crippen molar-refractivity contribution in [3.05, 3.63) is 28.8 Å². The van der Waals surface area contributed by atoms with Crippen molar-refractivity contribution in [1.29, 1.82) is 0 Å². The highest BCUT2D eigenvalue weighted by Crippen LogP contribution is 2.39. The van der Waals surface area contributed by atoms with E-state index in [1.165, 1.54) is 5.56 Å². The molecule has 1 rings (SSSR count). The van der Waals surface area contributed by atoms with Crippen molar-refractivity contribution in [2.45, 2.75) is 71.6 Å². The average molecular weight is 355 g/mol. The highest BCUT2D eigenvalue weighted by atomic mass is 35.5. The zero-order valence-electron chi connectivity index (χ0n) is 15.8. The van der Waals surface area contributed by atoms with Gasteiger partial charge in [-0.2, -0.15) is 0 Å². The van der Waals surface area contributed by atoms with E-state index in [9.17, 15) is 9.90 Å². The Kier molecular flexibility index (Phi) is 7.30. The van der Waals surface area contributed by atoms with E-state index in [-0.39, 0.29) is 22.5 Å². The first-order valence-electron chi connectivity index (χ1n) is 8.56. The third-order valence-corrected chi connectivity index (χ3v) is 4.17. The predicted octanol–water partition coefficient (Wildman–Crippen LogP) is 5.09. The van der Waals surface area contributed by atoms with Crippen LogP contribution >= 0.6 is 11.6 Å². The molecule has 0 fully saturated rings. The molecule has 0 bridgehead atoms. The Bertz CT molecular complexity index is 530. The summed E-state index contributed by atoms with van der Waals surface area (Å²) in [6.07, 6.45) is 2.00. The number of phenols is 1. The summed E-state index contributed by atoms with van der Waals surface area (Å²) in [6.45, 7) is 13.7. The summed E-state index contributed by atoms with van der Waals surface area (Å²) in [5.41, 5.74) is 2.95. The quantitative estimate of drug-likeness (QED) is 0.547. The number of phenolic OH excluding ortho intramolecular Hbond substituents is 1. The third kappa shape index (κ3) is 6.45. The summed E-state index contributed by atoms with van der Waals surface area (Å²) in [7, 11) is 0. The molecule has 1 aromatic carbocycles. The normalized spacial score (nSPS) is 12.5. The molecular weight excluding hydrogens is 324 g/mol. The highest BCUT2D eigenvalue weighted by molar-refractivity contribution is 6.63. The highest BCUT2D eigenvalue weighted by Gasteiger charge is 2.26. The molecule has 0 spiro atoms. The fourth-order valence-corrected chi connectivity index (χ4v) is 2.69. The molecule has 0 amide bonds. The third-order valence-electron chi connectivity index (χ3n) is 3.98. The zero-order chi connectivity index (χ0) is 18.5. The van der Waals surface area contributed by atoms with Gasteiger partial charge in [-0.3, -0.25) is 4.79 Å². The minimum Gasteiger partial charge on any atom is -0.507 e. The van der Waals surface area contributed by atoms with Crippen LogP contribution in [0.1, 0.15) is 71.1 Å². The van der Waals surface area contributed by atoms with Gasteiger partial charge >= 0.3 is 0 Å². The Hall–Kier alpha value is -1.06. The van der Waals surface area contributed by atoms with E-state index >= 15 is 0 Å². The molecule has 0 atom stereocenters. The Morgan fingerprint density at radius 2 is 1.54 bits per heavy atom. The monoisotopic (exact) mass is 354 g/mol. The summed E-state index contributed by atoms with van der Waals surface area (Å²) in [4.78, 5) is 10.7. The van der Waals surface area contributed by atoms with Crippen molar-refractivity contribution in [1.82, 2.24) is 0 Å². The number of benzene rings is 1. The first kappa shape index (κ1) is 21.0. The summed E-state index contributed by atoms with van der Waals surface area (Å²) >= 11 is 5.28. The van der Waals surface area contributed by atoms with Crippen LogP contribution in [0.25, 0.3) is 0 Å². The second kappa shape index (κ2) is 8.35. The van der Waals surface area contributed by atoms with Gasteiger partial charge in [0, 0.05) is 13.0 Å². The zero-order valence-corrected chi connectivity index (χ0v) is 16.6. The van der Waals surface area contributed by atoms with E-state index in [1.54, 1.807) is 0 Å². The lowest BCUT2D eigenvalue weighted by Gasteiger charge is -2.28. The molecule has 136 valence electrons. The number of hydrogen-bond donors (Lipinski definition) is 1. The van der Waals surface area contributed by atoms with Gasteiger partial charge in [0.1, 0.15) is 5.75 Å². The molecule has 4 heteroatoms. The molecule has 0 aliphatic heterocycles. The van der Waals surface area contributed by atoms with E-state index < -0.39 is 0 Å². The molecule has 0 radical (unpaired) electrons. The number of halogens is 1. The first-order chi connectivity index (χ1) is 10.9. The predicted molar refractivity (Wildman–Crippen MR) is 100 cm³/mol. The van der Waals surface area contributed by atoms with E-state index in [4.69, 9.17) is 16.3 Å². The van der Waals surface area contributed by atoms with Gasteiger partial charge in [-0.05, 0) is 52.0 Å². The molecule has 3 nitrogen and oxygen atoms in total. The largest absolute Gasteiger partial charge is 0.507 e.